The molecule has 1 saturated carbocycles. The van der Waals surface area contributed by atoms with Gasteiger partial charge in [-0.2, -0.15) is 0 Å². The lowest BCUT2D eigenvalue weighted by Crippen LogP contribution is -2.39. The molecule has 12 heteroatoms. The molecule has 0 spiro atoms. The molecule has 4 heterocycles. The molecule has 0 saturated heterocycles. The number of alkyl halides is 2. The van der Waals surface area contributed by atoms with E-state index in [4.69, 9.17) is 11.6 Å². The van der Waals surface area contributed by atoms with Crippen molar-refractivity contribution in [1.29, 1.82) is 0 Å². The summed E-state index contributed by atoms with van der Waals surface area (Å²) in [6.45, 7) is 0.519. The van der Waals surface area contributed by atoms with Gasteiger partial charge in [0.2, 0.25) is 0 Å². The SMILES string of the molecule is O=C(NC1CCC(Cn2c(=O)n(-c3ccc4ncsc4c3)c3ncccc32)CC1)c1cc(Cl)cnc1C(F)F. The number of hydrogen-bond donors (Lipinski definition) is 1. The zero-order chi connectivity index (χ0) is 27.1. The Bertz CT molecular complexity index is 1740. The number of carbonyl (C=O) groups excluding carboxylic acids is 1. The predicted octanol–water partition coefficient (Wildman–Crippen LogP) is 5.77. The second kappa shape index (κ2) is 10.5. The van der Waals surface area contributed by atoms with E-state index in [1.165, 1.54) is 17.4 Å². The summed E-state index contributed by atoms with van der Waals surface area (Å²) in [5, 5.41) is 2.99. The number of halogens is 3. The van der Waals surface area contributed by atoms with Crippen molar-refractivity contribution in [2.75, 3.05) is 0 Å². The average molecular weight is 569 g/mol. The van der Waals surface area contributed by atoms with E-state index >= 15 is 0 Å². The Kier molecular flexibility index (Phi) is 6.86. The predicted molar refractivity (Wildman–Crippen MR) is 146 cm³/mol. The number of pyridine rings is 2. The monoisotopic (exact) mass is 568 g/mol. The quantitative estimate of drug-likeness (QED) is 0.280. The molecular weight excluding hydrogens is 546 g/mol. The molecule has 6 rings (SSSR count). The van der Waals surface area contributed by atoms with Gasteiger partial charge in [0.25, 0.3) is 12.3 Å². The molecule has 1 N–H and O–H groups in total. The van der Waals surface area contributed by atoms with E-state index in [1.807, 2.05) is 30.3 Å². The summed E-state index contributed by atoms with van der Waals surface area (Å²) >= 11 is 7.41. The zero-order valence-corrected chi connectivity index (χ0v) is 22.1. The number of aromatic nitrogens is 5. The Hall–Kier alpha value is -3.70. The van der Waals surface area contributed by atoms with Crippen LogP contribution in [0.5, 0.6) is 0 Å². The van der Waals surface area contributed by atoms with Crippen LogP contribution in [0.15, 0.2) is 59.1 Å². The van der Waals surface area contributed by atoms with E-state index in [-0.39, 0.29) is 28.2 Å². The van der Waals surface area contributed by atoms with Crippen LogP contribution < -0.4 is 11.0 Å². The Morgan fingerprint density at radius 2 is 1.95 bits per heavy atom. The molecule has 1 aliphatic rings. The summed E-state index contributed by atoms with van der Waals surface area (Å²) in [5.41, 5.74) is 3.82. The molecule has 0 radical (unpaired) electrons. The second-order valence-electron chi connectivity index (χ2n) is 9.66. The molecule has 39 heavy (non-hydrogen) atoms. The van der Waals surface area contributed by atoms with Crippen molar-refractivity contribution in [2.45, 2.75) is 44.7 Å². The number of carbonyl (C=O) groups is 1. The highest BCUT2D eigenvalue weighted by Crippen LogP contribution is 2.29. The minimum absolute atomic E-state index is 0.124. The third-order valence-corrected chi connectivity index (χ3v) is 8.22. The number of nitrogens with one attached hydrogen (secondary N) is 1. The lowest BCUT2D eigenvalue weighted by atomic mass is 9.85. The van der Waals surface area contributed by atoms with Gasteiger partial charge in [0, 0.05) is 25.0 Å². The Labute approximate surface area is 230 Å². The minimum Gasteiger partial charge on any atom is -0.349 e. The van der Waals surface area contributed by atoms with Gasteiger partial charge in [-0.1, -0.05) is 11.6 Å². The summed E-state index contributed by atoms with van der Waals surface area (Å²) < 4.78 is 31.1. The number of rotatable bonds is 6. The van der Waals surface area contributed by atoms with Crippen LogP contribution >= 0.6 is 22.9 Å². The first kappa shape index (κ1) is 25.6. The van der Waals surface area contributed by atoms with Crippen LogP contribution in [0.3, 0.4) is 0 Å². The van der Waals surface area contributed by atoms with E-state index in [1.54, 1.807) is 20.8 Å². The minimum atomic E-state index is -2.88. The summed E-state index contributed by atoms with van der Waals surface area (Å²) in [6.07, 6.45) is 2.79. The highest BCUT2D eigenvalue weighted by molar-refractivity contribution is 7.16. The molecule has 8 nitrogen and oxygen atoms in total. The highest BCUT2D eigenvalue weighted by Gasteiger charge is 2.27. The molecule has 1 fully saturated rings. The summed E-state index contributed by atoms with van der Waals surface area (Å²) in [7, 11) is 0. The van der Waals surface area contributed by atoms with Crippen LogP contribution in [0, 0.1) is 5.92 Å². The van der Waals surface area contributed by atoms with Crippen molar-refractivity contribution < 1.29 is 13.6 Å². The number of fused-ring (bicyclic) bond motifs is 2. The van der Waals surface area contributed by atoms with Gasteiger partial charge in [0.15, 0.2) is 5.65 Å². The van der Waals surface area contributed by atoms with Crippen LogP contribution in [0.4, 0.5) is 8.78 Å². The van der Waals surface area contributed by atoms with Gasteiger partial charge >= 0.3 is 5.69 Å². The van der Waals surface area contributed by atoms with Gasteiger partial charge < -0.3 is 5.32 Å². The van der Waals surface area contributed by atoms with Crippen molar-refractivity contribution in [3.05, 3.63) is 81.1 Å². The summed E-state index contributed by atoms with van der Waals surface area (Å²) in [5.74, 6) is -0.393. The van der Waals surface area contributed by atoms with Crippen molar-refractivity contribution in [3.8, 4) is 5.69 Å². The molecule has 0 atom stereocenters. The maximum Gasteiger partial charge on any atom is 0.334 e. The molecule has 200 valence electrons. The van der Waals surface area contributed by atoms with Crippen LogP contribution in [-0.2, 0) is 6.54 Å². The molecule has 0 bridgehead atoms. The van der Waals surface area contributed by atoms with Gasteiger partial charge in [-0.15, -0.1) is 11.3 Å². The first-order chi connectivity index (χ1) is 18.9. The number of thiazole rings is 1. The highest BCUT2D eigenvalue weighted by atomic mass is 35.5. The van der Waals surface area contributed by atoms with E-state index in [0.29, 0.717) is 25.0 Å². The molecule has 1 amide bonds. The lowest BCUT2D eigenvalue weighted by molar-refractivity contribution is 0.0904. The van der Waals surface area contributed by atoms with Gasteiger partial charge in [-0.25, -0.2) is 28.1 Å². The van der Waals surface area contributed by atoms with Crippen molar-refractivity contribution >= 4 is 50.2 Å². The van der Waals surface area contributed by atoms with Crippen LogP contribution in [0.1, 0.15) is 48.2 Å². The average Bonchev–Trinajstić information content (AvgIpc) is 3.51. The van der Waals surface area contributed by atoms with E-state index in [9.17, 15) is 18.4 Å². The molecular formula is C27H23ClF2N6O2S. The van der Waals surface area contributed by atoms with Gasteiger partial charge in [-0.3, -0.25) is 14.3 Å². The maximum absolute atomic E-state index is 13.7. The summed E-state index contributed by atoms with van der Waals surface area (Å²) in [4.78, 5) is 38.9. The number of hydrogen-bond acceptors (Lipinski definition) is 6. The third kappa shape index (κ3) is 4.92. The number of amides is 1. The largest absolute Gasteiger partial charge is 0.349 e. The third-order valence-electron chi connectivity index (χ3n) is 7.22. The van der Waals surface area contributed by atoms with Crippen LogP contribution in [0.25, 0.3) is 27.1 Å². The standard InChI is InChI=1S/C27H23ClF2N6O2S/c28-16-10-19(23(24(29)30)32-12-16)26(37)34-17-5-3-15(4-6-17)13-35-21-2-1-9-31-25(21)36(27(35)38)18-7-8-20-22(11-18)39-14-33-20/h1-2,7-12,14-15,17,24H,3-6,13H2,(H,34,37). The smallest absolute Gasteiger partial charge is 0.334 e. The van der Waals surface area contributed by atoms with Gasteiger partial charge in [0.1, 0.15) is 5.69 Å². The Morgan fingerprint density at radius 1 is 1.13 bits per heavy atom. The molecule has 4 aromatic heterocycles. The topological polar surface area (TPSA) is 94.7 Å². The van der Waals surface area contributed by atoms with E-state index < -0.39 is 18.0 Å². The molecule has 5 aromatic rings. The van der Waals surface area contributed by atoms with Crippen molar-refractivity contribution in [1.82, 2.24) is 29.4 Å². The normalized spacial score (nSPS) is 17.7. The molecule has 1 aromatic carbocycles. The van der Waals surface area contributed by atoms with Crippen molar-refractivity contribution in [2.24, 2.45) is 5.92 Å². The fourth-order valence-corrected chi connectivity index (χ4v) is 6.16. The molecule has 0 unspecified atom stereocenters. The molecule has 1 aliphatic carbocycles. The lowest BCUT2D eigenvalue weighted by Gasteiger charge is -2.29. The van der Waals surface area contributed by atoms with Gasteiger partial charge in [0.05, 0.1) is 37.5 Å². The second-order valence-corrected chi connectivity index (χ2v) is 11.0. The van der Waals surface area contributed by atoms with Gasteiger partial charge in [-0.05, 0) is 68.0 Å². The molecule has 0 aliphatic heterocycles. The first-order valence-corrected chi connectivity index (χ1v) is 13.8. The van der Waals surface area contributed by atoms with Crippen molar-refractivity contribution in [3.63, 3.8) is 0 Å². The first-order valence-electron chi connectivity index (χ1n) is 12.5. The fraction of sp³-hybridized carbons (Fsp3) is 0.296. The van der Waals surface area contributed by atoms with Crippen LogP contribution in [-0.4, -0.2) is 36.0 Å². The Morgan fingerprint density at radius 3 is 2.74 bits per heavy atom. The Balaban J connectivity index is 1.19. The summed E-state index contributed by atoms with van der Waals surface area (Å²) in [6, 6.07) is 10.5. The van der Waals surface area contributed by atoms with E-state index in [2.05, 4.69) is 20.3 Å². The van der Waals surface area contributed by atoms with Crippen LogP contribution in [0.2, 0.25) is 5.02 Å². The number of imidazole rings is 1. The number of benzene rings is 1. The maximum atomic E-state index is 13.7. The number of nitrogens with zero attached hydrogens (tertiary/aromatic N) is 5. The van der Waals surface area contributed by atoms with E-state index in [0.717, 1.165) is 40.5 Å². The zero-order valence-electron chi connectivity index (χ0n) is 20.6. The fourth-order valence-electron chi connectivity index (χ4n) is 5.29.